The van der Waals surface area contributed by atoms with Gasteiger partial charge in [-0.25, -0.2) is 0 Å². The highest BCUT2D eigenvalue weighted by Crippen LogP contribution is 2.40. The van der Waals surface area contributed by atoms with Crippen LogP contribution in [0.3, 0.4) is 0 Å². The maximum atomic E-state index is 13.0. The van der Waals surface area contributed by atoms with Gasteiger partial charge in [-0.05, 0) is 31.7 Å². The van der Waals surface area contributed by atoms with Gasteiger partial charge in [0.2, 0.25) is 11.5 Å². The van der Waals surface area contributed by atoms with E-state index in [1.807, 2.05) is 4.90 Å². The predicted molar refractivity (Wildman–Crippen MR) is 92.3 cm³/mol. The summed E-state index contributed by atoms with van der Waals surface area (Å²) >= 11 is 0. The van der Waals surface area contributed by atoms with E-state index in [2.05, 4.69) is 4.98 Å². The number of likely N-dealkylation sites (tertiary alicyclic amines) is 2. The molecule has 0 aromatic carbocycles. The Hall–Kier alpha value is -2.15. The molecule has 0 aliphatic carbocycles. The maximum Gasteiger partial charge on any atom is 0.270 e. The van der Waals surface area contributed by atoms with Gasteiger partial charge in [0.15, 0.2) is 0 Å². The van der Waals surface area contributed by atoms with E-state index in [0.717, 1.165) is 25.8 Å². The number of nitrogens with zero attached hydrogens (tertiary/aromatic N) is 2. The Kier molecular flexibility index (Phi) is 5.22. The van der Waals surface area contributed by atoms with Crippen molar-refractivity contribution in [3.8, 4) is 0 Å². The summed E-state index contributed by atoms with van der Waals surface area (Å²) < 4.78 is 5.07. The number of nitrogens with one attached hydrogen (secondary N) is 1. The fourth-order valence-electron chi connectivity index (χ4n) is 3.93. The number of carbonyl (C=O) groups excluding carboxylic acids is 2. The summed E-state index contributed by atoms with van der Waals surface area (Å²) in [6.07, 6.45) is 3.30. The van der Waals surface area contributed by atoms with Crippen LogP contribution in [0.5, 0.6) is 0 Å². The zero-order valence-electron chi connectivity index (χ0n) is 14.6. The number of hydrogen-bond acceptors (Lipinski definition) is 4. The van der Waals surface area contributed by atoms with Crippen LogP contribution in [0.1, 0.15) is 36.2 Å². The van der Waals surface area contributed by atoms with E-state index in [1.54, 1.807) is 24.1 Å². The van der Waals surface area contributed by atoms with Gasteiger partial charge < -0.3 is 19.5 Å². The van der Waals surface area contributed by atoms with Crippen LogP contribution in [0.4, 0.5) is 0 Å². The van der Waals surface area contributed by atoms with E-state index in [1.165, 1.54) is 6.07 Å². The predicted octanol–water partition coefficient (Wildman–Crippen LogP) is 0.866. The van der Waals surface area contributed by atoms with Crippen molar-refractivity contribution in [2.24, 2.45) is 5.41 Å². The molecule has 1 spiro atoms. The summed E-state index contributed by atoms with van der Waals surface area (Å²) in [6, 6.07) is 4.56. The molecule has 2 fully saturated rings. The fourth-order valence-corrected chi connectivity index (χ4v) is 3.93. The lowest BCUT2D eigenvalue weighted by Crippen LogP contribution is -2.50. The molecule has 2 aliphatic rings. The van der Waals surface area contributed by atoms with Crippen LogP contribution in [0, 0.1) is 5.41 Å². The molecule has 3 rings (SSSR count). The third-order valence-corrected chi connectivity index (χ3v) is 5.24. The zero-order chi connectivity index (χ0) is 17.9. The lowest BCUT2D eigenvalue weighted by molar-refractivity contribution is -0.145. The first kappa shape index (κ1) is 17.7. The number of aromatic amines is 1. The molecule has 1 aromatic rings. The average Bonchev–Trinajstić information content (AvgIpc) is 3.03. The normalized spacial score (nSPS) is 23.5. The number of carbonyl (C=O) groups is 2. The van der Waals surface area contributed by atoms with Gasteiger partial charge in [-0.1, -0.05) is 6.07 Å². The Balaban J connectivity index is 1.68. The summed E-state index contributed by atoms with van der Waals surface area (Å²) in [5.74, 6) is -0.0504. The van der Waals surface area contributed by atoms with Gasteiger partial charge in [0.1, 0.15) is 5.69 Å². The fraction of sp³-hybridized carbons (Fsp3) is 0.611. The average molecular weight is 347 g/mol. The SMILES string of the molecule is COCCCN1CCC[C@]2(CCN(C(=O)c3cccc(=O)[nH]3)C2)C1=O. The van der Waals surface area contributed by atoms with Crippen molar-refractivity contribution in [2.45, 2.75) is 25.7 Å². The van der Waals surface area contributed by atoms with Crippen molar-refractivity contribution in [3.63, 3.8) is 0 Å². The lowest BCUT2D eigenvalue weighted by atomic mass is 9.78. The molecule has 1 aromatic heterocycles. The largest absolute Gasteiger partial charge is 0.385 e. The van der Waals surface area contributed by atoms with Crippen molar-refractivity contribution in [1.82, 2.24) is 14.8 Å². The monoisotopic (exact) mass is 347 g/mol. The molecule has 0 saturated carbocycles. The Bertz CT molecular complexity index is 702. The zero-order valence-corrected chi connectivity index (χ0v) is 14.6. The molecule has 0 bridgehead atoms. The minimum absolute atomic E-state index is 0.159. The van der Waals surface area contributed by atoms with Crippen LogP contribution in [0.15, 0.2) is 23.0 Å². The third kappa shape index (κ3) is 3.61. The Morgan fingerprint density at radius 1 is 1.28 bits per heavy atom. The van der Waals surface area contributed by atoms with E-state index in [4.69, 9.17) is 4.74 Å². The highest BCUT2D eigenvalue weighted by molar-refractivity contribution is 5.93. The molecule has 1 atom stereocenters. The molecule has 7 nitrogen and oxygen atoms in total. The Morgan fingerprint density at radius 3 is 2.88 bits per heavy atom. The van der Waals surface area contributed by atoms with E-state index in [0.29, 0.717) is 32.7 Å². The van der Waals surface area contributed by atoms with Crippen LogP contribution in [-0.2, 0) is 9.53 Å². The molecule has 7 heteroatoms. The minimum Gasteiger partial charge on any atom is -0.385 e. The first-order valence-corrected chi connectivity index (χ1v) is 8.83. The number of hydrogen-bond donors (Lipinski definition) is 1. The van der Waals surface area contributed by atoms with Gasteiger partial charge in [-0.2, -0.15) is 0 Å². The van der Waals surface area contributed by atoms with Crippen molar-refractivity contribution in [3.05, 3.63) is 34.2 Å². The topological polar surface area (TPSA) is 82.7 Å². The Morgan fingerprint density at radius 2 is 2.12 bits per heavy atom. The first-order valence-electron chi connectivity index (χ1n) is 8.83. The number of methoxy groups -OCH3 is 1. The smallest absolute Gasteiger partial charge is 0.270 e. The van der Waals surface area contributed by atoms with Crippen LogP contribution in [0.25, 0.3) is 0 Å². The van der Waals surface area contributed by atoms with E-state index < -0.39 is 5.41 Å². The molecule has 0 radical (unpaired) electrons. The number of ether oxygens (including phenoxy) is 1. The number of H-pyrrole nitrogens is 1. The number of amides is 2. The second-order valence-corrected chi connectivity index (χ2v) is 6.93. The van der Waals surface area contributed by atoms with Gasteiger partial charge in [0.25, 0.3) is 5.91 Å². The lowest BCUT2D eigenvalue weighted by Gasteiger charge is -2.39. The van der Waals surface area contributed by atoms with Crippen molar-refractivity contribution < 1.29 is 14.3 Å². The molecule has 2 saturated heterocycles. The van der Waals surface area contributed by atoms with Gasteiger partial charge in [-0.15, -0.1) is 0 Å². The molecule has 1 N–H and O–H groups in total. The van der Waals surface area contributed by atoms with Crippen molar-refractivity contribution in [1.29, 1.82) is 0 Å². The van der Waals surface area contributed by atoms with Crippen molar-refractivity contribution in [2.75, 3.05) is 39.9 Å². The highest BCUT2D eigenvalue weighted by Gasteiger charge is 2.49. The number of pyridine rings is 1. The summed E-state index contributed by atoms with van der Waals surface area (Å²) in [6.45, 7) is 3.11. The summed E-state index contributed by atoms with van der Waals surface area (Å²) in [5.41, 5.74) is -0.474. The molecule has 2 amide bonds. The quantitative estimate of drug-likeness (QED) is 0.801. The van der Waals surface area contributed by atoms with Crippen molar-refractivity contribution >= 4 is 11.8 Å². The minimum atomic E-state index is -0.462. The number of rotatable bonds is 5. The highest BCUT2D eigenvalue weighted by atomic mass is 16.5. The van der Waals surface area contributed by atoms with E-state index >= 15 is 0 Å². The van der Waals surface area contributed by atoms with Gasteiger partial charge in [0, 0.05) is 46.0 Å². The van der Waals surface area contributed by atoms with Gasteiger partial charge in [-0.3, -0.25) is 14.4 Å². The second-order valence-electron chi connectivity index (χ2n) is 6.93. The van der Waals surface area contributed by atoms with Gasteiger partial charge in [0.05, 0.1) is 5.41 Å². The van der Waals surface area contributed by atoms with Crippen LogP contribution < -0.4 is 5.56 Å². The molecule has 0 unspecified atom stereocenters. The van der Waals surface area contributed by atoms with Crippen LogP contribution in [0.2, 0.25) is 0 Å². The first-order chi connectivity index (χ1) is 12.1. The van der Waals surface area contributed by atoms with E-state index in [-0.39, 0.29) is 23.1 Å². The standard InChI is InChI=1S/C18H25N3O4/c1-25-12-4-10-20-9-3-7-18(17(20)24)8-11-21(13-18)16(23)14-5-2-6-15(22)19-14/h2,5-6H,3-4,7-13H2,1H3,(H,19,22)/t18-/m1/s1. The third-order valence-electron chi connectivity index (χ3n) is 5.24. The molecule has 136 valence electrons. The second kappa shape index (κ2) is 7.39. The van der Waals surface area contributed by atoms with Crippen LogP contribution in [-0.4, -0.2) is 66.5 Å². The van der Waals surface area contributed by atoms with Crippen LogP contribution >= 0.6 is 0 Å². The summed E-state index contributed by atoms with van der Waals surface area (Å²) in [4.78, 5) is 43.2. The summed E-state index contributed by atoms with van der Waals surface area (Å²) in [5, 5.41) is 0. The molecule has 2 aliphatic heterocycles. The molecular weight excluding hydrogens is 322 g/mol. The Labute approximate surface area is 147 Å². The summed E-state index contributed by atoms with van der Waals surface area (Å²) in [7, 11) is 1.66. The number of piperidine rings is 1. The molecular formula is C18H25N3O4. The molecule has 3 heterocycles. The molecule has 25 heavy (non-hydrogen) atoms. The number of aromatic nitrogens is 1. The van der Waals surface area contributed by atoms with E-state index in [9.17, 15) is 14.4 Å². The maximum absolute atomic E-state index is 13.0. The van der Waals surface area contributed by atoms with Gasteiger partial charge >= 0.3 is 0 Å².